The lowest BCUT2D eigenvalue weighted by atomic mass is 9.87. The van der Waals surface area contributed by atoms with Crippen molar-refractivity contribution in [2.75, 3.05) is 0 Å². The highest BCUT2D eigenvalue weighted by Gasteiger charge is 2.36. The van der Waals surface area contributed by atoms with Crippen molar-refractivity contribution < 1.29 is 8.42 Å². The summed E-state index contributed by atoms with van der Waals surface area (Å²) in [5.41, 5.74) is 9.13. The second kappa shape index (κ2) is 8.68. The van der Waals surface area contributed by atoms with Gasteiger partial charge in [0.1, 0.15) is 0 Å². The van der Waals surface area contributed by atoms with E-state index in [4.69, 9.17) is 5.10 Å². The topological polar surface area (TPSA) is 71.0 Å². The first-order valence-corrected chi connectivity index (χ1v) is 14.3. The van der Waals surface area contributed by atoms with Crippen molar-refractivity contribution in [3.63, 3.8) is 0 Å². The highest BCUT2D eigenvalue weighted by Crippen LogP contribution is 2.39. The Bertz CT molecular complexity index is 1770. The molecule has 5 aromatic rings. The van der Waals surface area contributed by atoms with Gasteiger partial charge in [-0.25, -0.2) is 13.1 Å². The van der Waals surface area contributed by atoms with Crippen LogP contribution in [0, 0.1) is 13.8 Å². The van der Waals surface area contributed by atoms with E-state index in [2.05, 4.69) is 82.1 Å². The summed E-state index contributed by atoms with van der Waals surface area (Å²) in [6.45, 7) is 11.1. The van der Waals surface area contributed by atoms with Gasteiger partial charge < -0.3 is 4.98 Å². The summed E-state index contributed by atoms with van der Waals surface area (Å²) in [7, 11) is -3.68. The quantitative estimate of drug-likeness (QED) is 0.286. The number of hydrogen-bond acceptors (Lipinski definition) is 3. The van der Waals surface area contributed by atoms with Gasteiger partial charge in [0.2, 0.25) is 10.0 Å². The second-order valence-corrected chi connectivity index (χ2v) is 13.2. The Labute approximate surface area is 224 Å². The van der Waals surface area contributed by atoms with E-state index in [1.165, 1.54) is 0 Å². The molecule has 7 heteroatoms. The van der Waals surface area contributed by atoms with Crippen LogP contribution in [0.15, 0.2) is 77.8 Å². The molecule has 1 aliphatic heterocycles. The summed E-state index contributed by atoms with van der Waals surface area (Å²) in [6, 6.07) is 21.9. The second-order valence-electron chi connectivity index (χ2n) is 11.3. The molecule has 2 aromatic heterocycles. The van der Waals surface area contributed by atoms with Crippen LogP contribution in [0.1, 0.15) is 48.7 Å². The number of aryl methyl sites for hydroxylation is 2. The standard InChI is InChI=1S/C31H32N4O2S/c1-20-7-6-8-21(2)29(20)35-30(23-9-14-27-22(17-23)15-16-32-27)26-18-34(19-28(26)33-35)38(36,37)25-12-10-24(11-13-25)31(3,4)5/h6-17,32H,18-19H2,1-5H3. The molecule has 0 aliphatic carbocycles. The first-order valence-electron chi connectivity index (χ1n) is 12.9. The van der Waals surface area contributed by atoms with Crippen molar-refractivity contribution in [1.82, 2.24) is 19.1 Å². The molecule has 0 unspecified atom stereocenters. The molecule has 1 N–H and O–H groups in total. The summed E-state index contributed by atoms with van der Waals surface area (Å²) in [5.74, 6) is 0. The number of aromatic amines is 1. The molecular formula is C31H32N4O2S. The molecule has 38 heavy (non-hydrogen) atoms. The minimum atomic E-state index is -3.68. The molecule has 3 heterocycles. The SMILES string of the molecule is Cc1cccc(C)c1-n1nc2c(c1-c1ccc3[nH]ccc3c1)CN(S(=O)(=O)c1ccc(C(C)(C)C)cc1)C2. The maximum atomic E-state index is 13.7. The maximum absolute atomic E-state index is 13.7. The van der Waals surface area contributed by atoms with Crippen molar-refractivity contribution >= 4 is 20.9 Å². The molecular weight excluding hydrogens is 492 g/mol. The molecule has 6 rings (SSSR count). The normalized spacial score (nSPS) is 14.3. The smallest absolute Gasteiger partial charge is 0.243 e. The number of aromatic nitrogens is 3. The van der Waals surface area contributed by atoms with Gasteiger partial charge in [0.05, 0.1) is 28.5 Å². The van der Waals surface area contributed by atoms with E-state index < -0.39 is 10.0 Å². The Morgan fingerprint density at radius 3 is 2.29 bits per heavy atom. The van der Waals surface area contributed by atoms with Crippen LogP contribution in [0.3, 0.4) is 0 Å². The zero-order valence-electron chi connectivity index (χ0n) is 22.4. The Kier molecular flexibility index (Phi) is 5.63. The maximum Gasteiger partial charge on any atom is 0.243 e. The van der Waals surface area contributed by atoms with Gasteiger partial charge in [-0.15, -0.1) is 0 Å². The third-order valence-electron chi connectivity index (χ3n) is 7.56. The number of benzene rings is 3. The molecule has 0 radical (unpaired) electrons. The van der Waals surface area contributed by atoms with Gasteiger partial charge in [0.15, 0.2) is 0 Å². The lowest BCUT2D eigenvalue weighted by Gasteiger charge is -2.21. The fraction of sp³-hybridized carbons (Fsp3) is 0.258. The van der Waals surface area contributed by atoms with Gasteiger partial charge in [-0.05, 0) is 66.3 Å². The van der Waals surface area contributed by atoms with E-state index in [0.717, 1.165) is 55.8 Å². The van der Waals surface area contributed by atoms with Crippen molar-refractivity contribution in [3.05, 3.63) is 101 Å². The molecule has 0 fully saturated rings. The molecule has 6 nitrogen and oxygen atoms in total. The van der Waals surface area contributed by atoms with Gasteiger partial charge in [-0.3, -0.25) is 0 Å². The van der Waals surface area contributed by atoms with Crippen LogP contribution in [0.4, 0.5) is 0 Å². The number of nitrogens with one attached hydrogen (secondary N) is 1. The lowest BCUT2D eigenvalue weighted by molar-refractivity contribution is 0.426. The number of hydrogen-bond donors (Lipinski definition) is 1. The van der Waals surface area contributed by atoms with Crippen molar-refractivity contribution in [3.8, 4) is 16.9 Å². The summed E-state index contributed by atoms with van der Waals surface area (Å²) < 4.78 is 31.0. The van der Waals surface area contributed by atoms with Crippen LogP contribution in [0.25, 0.3) is 27.8 Å². The van der Waals surface area contributed by atoms with Gasteiger partial charge >= 0.3 is 0 Å². The van der Waals surface area contributed by atoms with Crippen molar-refractivity contribution in [2.45, 2.75) is 58.0 Å². The van der Waals surface area contributed by atoms with Gasteiger partial charge in [0, 0.05) is 34.8 Å². The number of sulfonamides is 1. The number of H-pyrrole nitrogens is 1. The monoisotopic (exact) mass is 524 g/mol. The third-order valence-corrected chi connectivity index (χ3v) is 9.37. The number of rotatable bonds is 4. The van der Waals surface area contributed by atoms with Gasteiger partial charge in [-0.2, -0.15) is 9.40 Å². The van der Waals surface area contributed by atoms with Crippen LogP contribution in [0.2, 0.25) is 0 Å². The Hall–Kier alpha value is -3.68. The molecule has 0 atom stereocenters. The first kappa shape index (κ1) is 24.6. The Morgan fingerprint density at radius 1 is 0.895 bits per heavy atom. The summed E-state index contributed by atoms with van der Waals surface area (Å²) in [6.07, 6.45) is 1.93. The predicted octanol–water partition coefficient (Wildman–Crippen LogP) is 6.64. The van der Waals surface area contributed by atoms with E-state index in [1.54, 1.807) is 16.4 Å². The van der Waals surface area contributed by atoms with Gasteiger partial charge in [-0.1, -0.05) is 57.2 Å². The first-order chi connectivity index (χ1) is 18.0. The van der Waals surface area contributed by atoms with Crippen LogP contribution >= 0.6 is 0 Å². The average molecular weight is 525 g/mol. The van der Waals surface area contributed by atoms with E-state index in [0.29, 0.717) is 4.90 Å². The lowest BCUT2D eigenvalue weighted by Crippen LogP contribution is -2.26. The Balaban J connectivity index is 1.45. The average Bonchev–Trinajstić information content (AvgIpc) is 3.58. The minimum Gasteiger partial charge on any atom is -0.361 e. The van der Waals surface area contributed by atoms with E-state index in [-0.39, 0.29) is 18.5 Å². The molecule has 1 aliphatic rings. The fourth-order valence-electron chi connectivity index (χ4n) is 5.43. The van der Waals surface area contributed by atoms with Crippen LogP contribution < -0.4 is 0 Å². The highest BCUT2D eigenvalue weighted by molar-refractivity contribution is 7.89. The Morgan fingerprint density at radius 2 is 1.61 bits per heavy atom. The largest absolute Gasteiger partial charge is 0.361 e. The molecule has 0 saturated heterocycles. The number of fused-ring (bicyclic) bond motifs is 2. The molecule has 0 bridgehead atoms. The molecule has 3 aromatic carbocycles. The molecule has 194 valence electrons. The summed E-state index contributed by atoms with van der Waals surface area (Å²) >= 11 is 0. The van der Waals surface area contributed by atoms with E-state index in [9.17, 15) is 8.42 Å². The zero-order chi connectivity index (χ0) is 26.8. The van der Waals surface area contributed by atoms with Gasteiger partial charge in [0.25, 0.3) is 0 Å². The van der Waals surface area contributed by atoms with E-state index >= 15 is 0 Å². The highest BCUT2D eigenvalue weighted by atomic mass is 32.2. The summed E-state index contributed by atoms with van der Waals surface area (Å²) in [5, 5.41) is 6.14. The predicted molar refractivity (Wildman–Crippen MR) is 152 cm³/mol. The van der Waals surface area contributed by atoms with Crippen molar-refractivity contribution in [1.29, 1.82) is 0 Å². The number of nitrogens with zero attached hydrogens (tertiary/aromatic N) is 3. The molecule has 0 saturated carbocycles. The molecule has 0 amide bonds. The third kappa shape index (κ3) is 3.97. The molecule has 0 spiro atoms. The van der Waals surface area contributed by atoms with Crippen LogP contribution in [-0.2, 0) is 28.5 Å². The van der Waals surface area contributed by atoms with Crippen LogP contribution in [0.5, 0.6) is 0 Å². The van der Waals surface area contributed by atoms with E-state index in [1.807, 2.05) is 23.0 Å². The van der Waals surface area contributed by atoms with Crippen molar-refractivity contribution in [2.24, 2.45) is 0 Å². The van der Waals surface area contributed by atoms with Crippen LogP contribution in [-0.4, -0.2) is 27.5 Å². The fourth-order valence-corrected chi connectivity index (χ4v) is 6.80. The number of para-hydroxylation sites is 1. The minimum absolute atomic E-state index is 0.0425. The zero-order valence-corrected chi connectivity index (χ0v) is 23.2. The summed E-state index contributed by atoms with van der Waals surface area (Å²) in [4.78, 5) is 3.57.